The molecule has 7 nitrogen and oxygen atoms in total. The summed E-state index contributed by atoms with van der Waals surface area (Å²) in [6.45, 7) is 0.249. The molecule has 0 unspecified atom stereocenters. The Morgan fingerprint density at radius 2 is 1.73 bits per heavy atom. The van der Waals surface area contributed by atoms with E-state index < -0.39 is 27.7 Å². The Kier molecular flexibility index (Phi) is 6.92. The van der Waals surface area contributed by atoms with Crippen LogP contribution in [0, 0.1) is 0 Å². The molecular weight excluding hydrogens is 457 g/mol. The Bertz CT molecular complexity index is 1240. The molecule has 0 fully saturated rings. The van der Waals surface area contributed by atoms with Gasteiger partial charge in [0, 0.05) is 38.1 Å². The molecule has 1 amide bonds. The van der Waals surface area contributed by atoms with Gasteiger partial charge in [0.1, 0.15) is 5.82 Å². The first-order chi connectivity index (χ1) is 15.5. The average molecular weight is 478 g/mol. The normalized spacial score (nSPS) is 11.7. The van der Waals surface area contributed by atoms with Crippen LogP contribution in [0.5, 0.6) is 0 Å². The molecule has 174 valence electrons. The summed E-state index contributed by atoms with van der Waals surface area (Å²) in [5.41, 5.74) is -0.121. The second-order valence-corrected chi connectivity index (χ2v) is 8.99. The molecule has 1 heterocycles. The first-order valence-electron chi connectivity index (χ1n) is 9.66. The number of rotatable bonds is 7. The number of aromatic nitrogens is 1. The van der Waals surface area contributed by atoms with Crippen molar-refractivity contribution in [1.82, 2.24) is 10.3 Å². The number of nitrogens with zero attached hydrogens (tertiary/aromatic N) is 2. The Balaban J connectivity index is 1.67. The van der Waals surface area contributed by atoms with Crippen LogP contribution in [-0.2, 0) is 22.7 Å². The van der Waals surface area contributed by atoms with E-state index in [0.29, 0.717) is 6.07 Å². The lowest BCUT2D eigenvalue weighted by Gasteiger charge is -2.13. The summed E-state index contributed by atoms with van der Waals surface area (Å²) in [4.78, 5) is 18.2. The number of benzene rings is 2. The van der Waals surface area contributed by atoms with Gasteiger partial charge in [-0.25, -0.2) is 13.4 Å². The molecule has 3 rings (SSSR count). The minimum atomic E-state index is -4.60. The molecule has 0 saturated heterocycles. The molecule has 0 saturated carbocycles. The van der Waals surface area contributed by atoms with Gasteiger partial charge in [0.2, 0.25) is 0 Å². The second kappa shape index (κ2) is 9.49. The average Bonchev–Trinajstić information content (AvgIpc) is 2.77. The third-order valence-electron chi connectivity index (χ3n) is 4.59. The molecule has 1 aromatic heterocycles. The number of alkyl halides is 3. The van der Waals surface area contributed by atoms with Crippen molar-refractivity contribution in [2.75, 3.05) is 23.7 Å². The van der Waals surface area contributed by atoms with E-state index in [1.165, 1.54) is 30.3 Å². The molecular formula is C22H21F3N4O3S. The Morgan fingerprint density at radius 3 is 2.36 bits per heavy atom. The molecule has 0 aliphatic carbocycles. The maximum absolute atomic E-state index is 12.8. The SMILES string of the molecule is CN(C)c1cc(CNC(=O)c2ccc(S(=O)(=O)Nc3cccc(C(F)(F)F)c3)cc2)ccn1. The van der Waals surface area contributed by atoms with Crippen molar-refractivity contribution in [2.24, 2.45) is 0 Å². The Hall–Kier alpha value is -3.60. The maximum atomic E-state index is 12.8. The zero-order valence-electron chi connectivity index (χ0n) is 17.7. The lowest BCUT2D eigenvalue weighted by atomic mass is 10.2. The smallest absolute Gasteiger partial charge is 0.363 e. The first-order valence-corrected chi connectivity index (χ1v) is 11.1. The van der Waals surface area contributed by atoms with Crippen molar-refractivity contribution >= 4 is 27.4 Å². The minimum Gasteiger partial charge on any atom is -0.363 e. The first kappa shape index (κ1) is 24.1. The number of hydrogen-bond donors (Lipinski definition) is 2. The van der Waals surface area contributed by atoms with E-state index >= 15 is 0 Å². The van der Waals surface area contributed by atoms with Gasteiger partial charge < -0.3 is 10.2 Å². The van der Waals surface area contributed by atoms with E-state index in [1.807, 2.05) is 25.1 Å². The molecule has 0 atom stereocenters. The molecule has 2 N–H and O–H groups in total. The van der Waals surface area contributed by atoms with Gasteiger partial charge in [-0.1, -0.05) is 6.07 Å². The van der Waals surface area contributed by atoms with E-state index in [9.17, 15) is 26.4 Å². The van der Waals surface area contributed by atoms with Crippen molar-refractivity contribution in [3.05, 3.63) is 83.6 Å². The van der Waals surface area contributed by atoms with Crippen molar-refractivity contribution < 1.29 is 26.4 Å². The quantitative estimate of drug-likeness (QED) is 0.538. The summed E-state index contributed by atoms with van der Waals surface area (Å²) < 4.78 is 65.7. The van der Waals surface area contributed by atoms with Gasteiger partial charge in [0.15, 0.2) is 0 Å². The molecule has 0 aliphatic rings. The molecule has 2 aromatic carbocycles. The third kappa shape index (κ3) is 6.22. The van der Waals surface area contributed by atoms with Crippen LogP contribution in [0.25, 0.3) is 0 Å². The van der Waals surface area contributed by atoms with Crippen LogP contribution in [0.4, 0.5) is 24.7 Å². The lowest BCUT2D eigenvalue weighted by Crippen LogP contribution is -2.23. The second-order valence-electron chi connectivity index (χ2n) is 7.31. The number of anilines is 2. The fourth-order valence-electron chi connectivity index (χ4n) is 2.86. The molecule has 3 aromatic rings. The standard InChI is InChI=1S/C22H21F3N4O3S/c1-29(2)20-12-15(10-11-26-20)14-27-21(30)16-6-8-19(9-7-16)33(31,32)28-18-5-3-4-17(13-18)22(23,24)25/h3-13,28H,14H2,1-2H3,(H,27,30). The van der Waals surface area contributed by atoms with Gasteiger partial charge >= 0.3 is 6.18 Å². The summed E-state index contributed by atoms with van der Waals surface area (Å²) in [5.74, 6) is 0.331. The van der Waals surface area contributed by atoms with E-state index in [-0.39, 0.29) is 22.7 Å². The summed E-state index contributed by atoms with van der Waals surface area (Å²) in [6.07, 6.45) is -2.96. The van der Waals surface area contributed by atoms with E-state index in [4.69, 9.17) is 0 Å². The topological polar surface area (TPSA) is 91.4 Å². The van der Waals surface area contributed by atoms with Crippen LogP contribution < -0.4 is 14.9 Å². The van der Waals surface area contributed by atoms with Crippen LogP contribution in [0.3, 0.4) is 0 Å². The number of amides is 1. The van der Waals surface area contributed by atoms with Gasteiger partial charge in [-0.3, -0.25) is 9.52 Å². The van der Waals surface area contributed by atoms with E-state index in [1.54, 1.807) is 12.3 Å². The highest BCUT2D eigenvalue weighted by molar-refractivity contribution is 7.92. The minimum absolute atomic E-state index is 0.193. The number of pyridine rings is 1. The number of nitrogens with one attached hydrogen (secondary N) is 2. The van der Waals surface area contributed by atoms with Gasteiger partial charge in [0.25, 0.3) is 15.9 Å². The number of hydrogen-bond acceptors (Lipinski definition) is 5. The fraction of sp³-hybridized carbons (Fsp3) is 0.182. The zero-order valence-corrected chi connectivity index (χ0v) is 18.5. The highest BCUT2D eigenvalue weighted by Gasteiger charge is 2.30. The van der Waals surface area contributed by atoms with Crippen molar-refractivity contribution in [2.45, 2.75) is 17.6 Å². The summed E-state index contributed by atoms with van der Waals surface area (Å²) in [6, 6.07) is 12.6. The highest BCUT2D eigenvalue weighted by Crippen LogP contribution is 2.31. The van der Waals surface area contributed by atoms with E-state index in [0.717, 1.165) is 23.5 Å². The summed E-state index contributed by atoms with van der Waals surface area (Å²) >= 11 is 0. The van der Waals surface area contributed by atoms with Crippen LogP contribution >= 0.6 is 0 Å². The van der Waals surface area contributed by atoms with Gasteiger partial charge in [-0.05, 0) is 60.2 Å². The van der Waals surface area contributed by atoms with Gasteiger partial charge in [-0.2, -0.15) is 13.2 Å². The lowest BCUT2D eigenvalue weighted by molar-refractivity contribution is -0.137. The third-order valence-corrected chi connectivity index (χ3v) is 5.99. The predicted molar refractivity (Wildman–Crippen MR) is 118 cm³/mol. The monoisotopic (exact) mass is 478 g/mol. The zero-order chi connectivity index (χ0) is 24.2. The maximum Gasteiger partial charge on any atom is 0.416 e. The van der Waals surface area contributed by atoms with Crippen molar-refractivity contribution in [3.8, 4) is 0 Å². The number of sulfonamides is 1. The number of carbonyl (C=O) groups is 1. The molecule has 0 radical (unpaired) electrons. The molecule has 0 spiro atoms. The number of carbonyl (C=O) groups excluding carboxylic acids is 1. The molecule has 0 bridgehead atoms. The summed E-state index contributed by atoms with van der Waals surface area (Å²) in [5, 5.41) is 2.74. The molecule has 0 aliphatic heterocycles. The van der Waals surface area contributed by atoms with Crippen molar-refractivity contribution in [3.63, 3.8) is 0 Å². The van der Waals surface area contributed by atoms with E-state index in [2.05, 4.69) is 15.0 Å². The highest BCUT2D eigenvalue weighted by atomic mass is 32.2. The van der Waals surface area contributed by atoms with Crippen molar-refractivity contribution in [1.29, 1.82) is 0 Å². The largest absolute Gasteiger partial charge is 0.416 e. The summed E-state index contributed by atoms with van der Waals surface area (Å²) in [7, 11) is -0.448. The van der Waals surface area contributed by atoms with Crippen LogP contribution in [-0.4, -0.2) is 33.4 Å². The number of halogens is 3. The molecule has 33 heavy (non-hydrogen) atoms. The Labute approximate surface area is 189 Å². The Morgan fingerprint density at radius 1 is 1.03 bits per heavy atom. The predicted octanol–water partition coefficient (Wildman–Crippen LogP) is 3.90. The van der Waals surface area contributed by atoms with Gasteiger partial charge in [0.05, 0.1) is 10.5 Å². The van der Waals surface area contributed by atoms with Crippen LogP contribution in [0.2, 0.25) is 0 Å². The fourth-order valence-corrected chi connectivity index (χ4v) is 3.91. The van der Waals surface area contributed by atoms with Gasteiger partial charge in [-0.15, -0.1) is 0 Å². The molecule has 11 heteroatoms. The van der Waals surface area contributed by atoms with Crippen LogP contribution in [0.1, 0.15) is 21.5 Å². The van der Waals surface area contributed by atoms with Crippen LogP contribution in [0.15, 0.2) is 71.8 Å².